The van der Waals surface area contributed by atoms with E-state index >= 15 is 0 Å². The van der Waals surface area contributed by atoms with Crippen molar-refractivity contribution in [2.75, 3.05) is 38.3 Å². The third-order valence-electron chi connectivity index (χ3n) is 2.23. The zero-order valence-corrected chi connectivity index (χ0v) is 10.0. The van der Waals surface area contributed by atoms with E-state index in [1.807, 2.05) is 6.92 Å². The first-order valence-corrected chi connectivity index (χ1v) is 4.99. The van der Waals surface area contributed by atoms with Gasteiger partial charge in [-0.25, -0.2) is 9.97 Å². The minimum Gasteiger partial charge on any atom is -0.373 e. The lowest BCUT2D eigenvalue weighted by Crippen LogP contribution is -2.29. The summed E-state index contributed by atoms with van der Waals surface area (Å²) in [5.41, 5.74) is 0.900. The molecule has 88 valence electrons. The Morgan fingerprint density at radius 3 is 2.56 bits per heavy atom. The van der Waals surface area contributed by atoms with Crippen molar-refractivity contribution in [3.8, 4) is 0 Å². The van der Waals surface area contributed by atoms with Crippen LogP contribution in [0.25, 0.3) is 0 Å². The molecule has 16 heavy (non-hydrogen) atoms. The highest BCUT2D eigenvalue weighted by molar-refractivity contribution is 5.80. The monoisotopic (exact) mass is 223 g/mol. The van der Waals surface area contributed by atoms with E-state index in [1.54, 1.807) is 21.1 Å². The number of hydrogen-bond donors (Lipinski definition) is 2. The molecule has 0 atom stereocenters. The molecule has 2 N–H and O–H groups in total. The van der Waals surface area contributed by atoms with Crippen LogP contribution in [-0.2, 0) is 4.79 Å². The summed E-state index contributed by atoms with van der Waals surface area (Å²) in [6.07, 6.45) is 1.46. The van der Waals surface area contributed by atoms with Crippen molar-refractivity contribution in [2.45, 2.75) is 6.92 Å². The number of carbonyl (C=O) groups excluding carboxylic acids is 1. The maximum absolute atomic E-state index is 11.4. The van der Waals surface area contributed by atoms with Crippen LogP contribution in [0.2, 0.25) is 0 Å². The molecule has 0 aliphatic rings. The van der Waals surface area contributed by atoms with Crippen molar-refractivity contribution >= 4 is 17.5 Å². The third kappa shape index (κ3) is 2.82. The van der Waals surface area contributed by atoms with Crippen LogP contribution in [0.3, 0.4) is 0 Å². The summed E-state index contributed by atoms with van der Waals surface area (Å²) in [4.78, 5) is 21.1. The van der Waals surface area contributed by atoms with E-state index in [9.17, 15) is 4.79 Å². The molecule has 0 saturated heterocycles. The molecular weight excluding hydrogens is 206 g/mol. The predicted molar refractivity (Wildman–Crippen MR) is 63.5 cm³/mol. The first-order chi connectivity index (χ1) is 7.56. The number of amides is 1. The van der Waals surface area contributed by atoms with Crippen LogP contribution in [0.4, 0.5) is 11.6 Å². The molecule has 0 aliphatic carbocycles. The fourth-order valence-corrected chi connectivity index (χ4v) is 1.20. The summed E-state index contributed by atoms with van der Waals surface area (Å²) < 4.78 is 0. The van der Waals surface area contributed by atoms with Crippen molar-refractivity contribution in [1.82, 2.24) is 14.9 Å². The SMILES string of the molecule is CNc1ncnc(NCC(=O)N(C)C)c1C. The summed E-state index contributed by atoms with van der Waals surface area (Å²) in [7, 11) is 5.23. The molecule has 0 aliphatic heterocycles. The van der Waals surface area contributed by atoms with Crippen LogP contribution in [0.1, 0.15) is 5.56 Å². The Morgan fingerprint density at radius 2 is 2.00 bits per heavy atom. The standard InChI is InChI=1S/C10H17N5O/c1-7-9(11-2)13-6-14-10(7)12-5-8(16)15(3)4/h6H,5H2,1-4H3,(H2,11,12,13,14). The molecule has 0 fully saturated rings. The van der Waals surface area contributed by atoms with E-state index in [-0.39, 0.29) is 12.5 Å². The molecule has 0 aromatic carbocycles. The molecule has 0 unspecified atom stereocenters. The molecule has 0 saturated carbocycles. The Kier molecular flexibility index (Phi) is 4.04. The van der Waals surface area contributed by atoms with E-state index in [4.69, 9.17) is 0 Å². The highest BCUT2D eigenvalue weighted by Gasteiger charge is 2.08. The maximum atomic E-state index is 11.4. The second-order valence-electron chi connectivity index (χ2n) is 3.59. The number of nitrogens with zero attached hydrogens (tertiary/aromatic N) is 3. The molecule has 6 heteroatoms. The van der Waals surface area contributed by atoms with Gasteiger partial charge < -0.3 is 15.5 Å². The second-order valence-corrected chi connectivity index (χ2v) is 3.59. The molecule has 1 aromatic heterocycles. The Bertz CT molecular complexity index is 377. The van der Waals surface area contributed by atoms with E-state index in [0.717, 1.165) is 11.4 Å². The minimum atomic E-state index is 0.00372. The molecule has 1 aromatic rings. The number of nitrogens with one attached hydrogen (secondary N) is 2. The van der Waals surface area contributed by atoms with Crippen LogP contribution in [0, 0.1) is 6.92 Å². The van der Waals surface area contributed by atoms with Gasteiger partial charge in [0.25, 0.3) is 0 Å². The van der Waals surface area contributed by atoms with E-state index in [2.05, 4.69) is 20.6 Å². The van der Waals surface area contributed by atoms with Gasteiger partial charge in [0.1, 0.15) is 18.0 Å². The fourth-order valence-electron chi connectivity index (χ4n) is 1.20. The molecule has 1 heterocycles. The molecule has 0 radical (unpaired) electrons. The molecule has 6 nitrogen and oxygen atoms in total. The summed E-state index contributed by atoms with van der Waals surface area (Å²) in [5.74, 6) is 1.44. The summed E-state index contributed by atoms with van der Waals surface area (Å²) >= 11 is 0. The molecule has 1 rings (SSSR count). The Morgan fingerprint density at radius 1 is 1.38 bits per heavy atom. The zero-order valence-electron chi connectivity index (χ0n) is 10.0. The van der Waals surface area contributed by atoms with Crippen LogP contribution in [-0.4, -0.2) is 48.5 Å². The summed E-state index contributed by atoms with van der Waals surface area (Å²) in [6.45, 7) is 2.13. The second kappa shape index (κ2) is 5.29. The molecule has 1 amide bonds. The number of aromatic nitrogens is 2. The smallest absolute Gasteiger partial charge is 0.241 e. The Labute approximate surface area is 95.1 Å². The minimum absolute atomic E-state index is 0.00372. The van der Waals surface area contributed by atoms with E-state index < -0.39 is 0 Å². The lowest BCUT2D eigenvalue weighted by molar-refractivity contribution is -0.126. The summed E-state index contributed by atoms with van der Waals surface area (Å²) in [6, 6.07) is 0. The average molecular weight is 223 g/mol. The van der Waals surface area contributed by atoms with Crippen LogP contribution >= 0.6 is 0 Å². The van der Waals surface area contributed by atoms with Crippen molar-refractivity contribution in [2.24, 2.45) is 0 Å². The Balaban J connectivity index is 2.71. The number of carbonyl (C=O) groups is 1. The number of anilines is 2. The maximum Gasteiger partial charge on any atom is 0.241 e. The first kappa shape index (κ1) is 12.2. The number of rotatable bonds is 4. The van der Waals surface area contributed by atoms with Gasteiger partial charge >= 0.3 is 0 Å². The van der Waals surface area contributed by atoms with Gasteiger partial charge in [0.2, 0.25) is 5.91 Å². The van der Waals surface area contributed by atoms with Gasteiger partial charge in [0, 0.05) is 26.7 Å². The van der Waals surface area contributed by atoms with E-state index in [1.165, 1.54) is 11.2 Å². The molecule has 0 bridgehead atoms. The lowest BCUT2D eigenvalue weighted by atomic mass is 10.3. The van der Waals surface area contributed by atoms with Gasteiger partial charge in [-0.3, -0.25) is 4.79 Å². The summed E-state index contributed by atoms with van der Waals surface area (Å²) in [5, 5.41) is 5.95. The highest BCUT2D eigenvalue weighted by Crippen LogP contribution is 2.16. The van der Waals surface area contributed by atoms with Gasteiger partial charge in [0.05, 0.1) is 6.54 Å². The van der Waals surface area contributed by atoms with Gasteiger partial charge in [-0.05, 0) is 6.92 Å². The van der Waals surface area contributed by atoms with Crippen LogP contribution in [0.5, 0.6) is 0 Å². The van der Waals surface area contributed by atoms with Gasteiger partial charge in [-0.2, -0.15) is 0 Å². The molecular formula is C10H17N5O. The van der Waals surface area contributed by atoms with Crippen molar-refractivity contribution in [3.05, 3.63) is 11.9 Å². The van der Waals surface area contributed by atoms with E-state index in [0.29, 0.717) is 5.82 Å². The fraction of sp³-hybridized carbons (Fsp3) is 0.500. The highest BCUT2D eigenvalue weighted by atomic mass is 16.2. The largest absolute Gasteiger partial charge is 0.373 e. The number of hydrogen-bond acceptors (Lipinski definition) is 5. The van der Waals surface area contributed by atoms with Crippen molar-refractivity contribution < 1.29 is 4.79 Å². The van der Waals surface area contributed by atoms with Crippen LogP contribution < -0.4 is 10.6 Å². The molecule has 0 spiro atoms. The van der Waals surface area contributed by atoms with Crippen molar-refractivity contribution in [3.63, 3.8) is 0 Å². The first-order valence-electron chi connectivity index (χ1n) is 4.99. The van der Waals surface area contributed by atoms with Crippen LogP contribution in [0.15, 0.2) is 6.33 Å². The third-order valence-corrected chi connectivity index (χ3v) is 2.23. The average Bonchev–Trinajstić information content (AvgIpc) is 2.27. The zero-order chi connectivity index (χ0) is 12.1. The quantitative estimate of drug-likeness (QED) is 0.769. The topological polar surface area (TPSA) is 70.1 Å². The van der Waals surface area contributed by atoms with Gasteiger partial charge in [0.15, 0.2) is 0 Å². The van der Waals surface area contributed by atoms with Gasteiger partial charge in [-0.15, -0.1) is 0 Å². The van der Waals surface area contributed by atoms with Gasteiger partial charge in [-0.1, -0.05) is 0 Å². The lowest BCUT2D eigenvalue weighted by Gasteiger charge is -2.13. The van der Waals surface area contributed by atoms with Crippen molar-refractivity contribution in [1.29, 1.82) is 0 Å². The number of likely N-dealkylation sites (N-methyl/N-ethyl adjacent to an activating group) is 1. The normalized spacial score (nSPS) is 9.75. The Hall–Kier alpha value is -1.85. The predicted octanol–water partition coefficient (Wildman–Crippen LogP) is 0.327.